The van der Waals surface area contributed by atoms with Crippen LogP contribution in [0.4, 0.5) is 13.2 Å². The second kappa shape index (κ2) is 6.38. The molecule has 1 aromatic rings. The molecule has 0 unspecified atom stereocenters. The van der Waals surface area contributed by atoms with Gasteiger partial charge in [0, 0.05) is 19.5 Å². The Morgan fingerprint density at radius 1 is 1.53 bits per heavy atom. The zero-order valence-corrected chi connectivity index (χ0v) is 12.3. The topological polar surface area (TPSA) is 54.5 Å². The van der Waals surface area contributed by atoms with E-state index in [4.69, 9.17) is 5.73 Å². The second-order valence-corrected chi connectivity index (χ2v) is 4.14. The molecule has 0 bridgehead atoms. The van der Waals surface area contributed by atoms with Crippen molar-refractivity contribution in [2.24, 2.45) is 10.7 Å². The van der Waals surface area contributed by atoms with Crippen LogP contribution >= 0.6 is 35.3 Å². The van der Waals surface area contributed by atoms with E-state index in [1.54, 1.807) is 19.0 Å². The largest absolute Gasteiger partial charge is 0.434 e. The first-order chi connectivity index (χ1) is 7.30. The Labute approximate surface area is 118 Å². The second-order valence-electron chi connectivity index (χ2n) is 3.19. The van der Waals surface area contributed by atoms with Gasteiger partial charge in [0.05, 0.1) is 6.54 Å². The smallest absolute Gasteiger partial charge is 0.370 e. The third-order valence-electron chi connectivity index (χ3n) is 1.68. The first-order valence-corrected chi connectivity index (χ1v) is 5.17. The molecule has 0 atom stereocenters. The zero-order valence-electron chi connectivity index (χ0n) is 9.15. The normalized spacial score (nSPS) is 12.2. The Bertz CT molecular complexity index is 388. The predicted molar refractivity (Wildman–Crippen MR) is 71.5 cm³/mol. The third-order valence-corrected chi connectivity index (χ3v) is 2.51. The van der Waals surface area contributed by atoms with Gasteiger partial charge in [0.25, 0.3) is 0 Å². The van der Waals surface area contributed by atoms with Crippen LogP contribution in [0.15, 0.2) is 10.4 Å². The Hall–Kier alpha value is -0.580. The lowest BCUT2D eigenvalue weighted by Gasteiger charge is -2.09. The standard InChI is InChI=1S/C8H11F3N4S.HI/c1-15(2)7(12)13-3-6-14-5(4-16-6)8(9,10)11;/h4H,3H2,1-2H3,(H2,12,13);1H. The number of aromatic nitrogens is 1. The predicted octanol–water partition coefficient (Wildman–Crippen LogP) is 2.16. The van der Waals surface area contributed by atoms with Crippen molar-refractivity contribution in [2.45, 2.75) is 12.7 Å². The van der Waals surface area contributed by atoms with Crippen LogP contribution in [0, 0.1) is 0 Å². The Morgan fingerprint density at radius 3 is 2.53 bits per heavy atom. The molecular weight excluding hydrogens is 368 g/mol. The van der Waals surface area contributed by atoms with Crippen LogP contribution in [0.1, 0.15) is 10.7 Å². The van der Waals surface area contributed by atoms with Crippen molar-refractivity contribution in [3.63, 3.8) is 0 Å². The molecule has 4 nitrogen and oxygen atoms in total. The Balaban J connectivity index is 0.00000256. The summed E-state index contributed by atoms with van der Waals surface area (Å²) in [6, 6.07) is 0. The summed E-state index contributed by atoms with van der Waals surface area (Å²) < 4.78 is 36.6. The van der Waals surface area contributed by atoms with Crippen molar-refractivity contribution in [1.29, 1.82) is 0 Å². The van der Waals surface area contributed by atoms with Crippen LogP contribution in [0.25, 0.3) is 0 Å². The monoisotopic (exact) mass is 380 g/mol. The summed E-state index contributed by atoms with van der Waals surface area (Å²) in [5.74, 6) is 0.253. The van der Waals surface area contributed by atoms with E-state index in [-0.39, 0.29) is 41.5 Å². The summed E-state index contributed by atoms with van der Waals surface area (Å²) in [4.78, 5) is 8.88. The summed E-state index contributed by atoms with van der Waals surface area (Å²) in [5, 5.41) is 1.26. The average molecular weight is 380 g/mol. The molecule has 0 aliphatic rings. The van der Waals surface area contributed by atoms with E-state index in [0.29, 0.717) is 0 Å². The number of aliphatic imine (C=N–C) groups is 1. The van der Waals surface area contributed by atoms with Crippen molar-refractivity contribution >= 4 is 41.3 Å². The number of halogens is 4. The number of alkyl halides is 3. The van der Waals surface area contributed by atoms with Crippen molar-refractivity contribution in [2.75, 3.05) is 14.1 Å². The number of thiazole rings is 1. The zero-order chi connectivity index (χ0) is 12.3. The molecule has 0 aliphatic carbocycles. The minimum Gasteiger partial charge on any atom is -0.370 e. The Morgan fingerprint density at radius 2 is 2.12 bits per heavy atom. The minimum absolute atomic E-state index is 0. The molecule has 0 radical (unpaired) electrons. The molecule has 1 heterocycles. The molecule has 0 amide bonds. The van der Waals surface area contributed by atoms with E-state index in [9.17, 15) is 13.2 Å². The van der Waals surface area contributed by atoms with E-state index in [2.05, 4.69) is 9.98 Å². The summed E-state index contributed by atoms with van der Waals surface area (Å²) in [6.07, 6.45) is -4.40. The van der Waals surface area contributed by atoms with Gasteiger partial charge in [-0.2, -0.15) is 13.2 Å². The maximum atomic E-state index is 12.2. The lowest BCUT2D eigenvalue weighted by atomic mass is 10.5. The molecule has 9 heteroatoms. The summed E-state index contributed by atoms with van der Waals surface area (Å²) >= 11 is 0.918. The van der Waals surface area contributed by atoms with Gasteiger partial charge >= 0.3 is 6.18 Å². The fourth-order valence-corrected chi connectivity index (χ4v) is 1.53. The maximum absolute atomic E-state index is 12.2. The van der Waals surface area contributed by atoms with Crippen molar-refractivity contribution in [1.82, 2.24) is 9.88 Å². The number of nitrogens with zero attached hydrogens (tertiary/aromatic N) is 3. The van der Waals surface area contributed by atoms with E-state index in [1.807, 2.05) is 0 Å². The van der Waals surface area contributed by atoms with Gasteiger partial charge in [-0.15, -0.1) is 35.3 Å². The number of rotatable bonds is 2. The molecule has 17 heavy (non-hydrogen) atoms. The highest BCUT2D eigenvalue weighted by Gasteiger charge is 2.33. The maximum Gasteiger partial charge on any atom is 0.434 e. The van der Waals surface area contributed by atoms with Crippen molar-refractivity contribution in [3.05, 3.63) is 16.1 Å². The third kappa shape index (κ3) is 5.06. The lowest BCUT2D eigenvalue weighted by Crippen LogP contribution is -2.30. The molecule has 0 fully saturated rings. The van der Waals surface area contributed by atoms with Crippen LogP contribution in [-0.2, 0) is 12.7 Å². The van der Waals surface area contributed by atoms with Gasteiger partial charge in [-0.25, -0.2) is 9.98 Å². The Kier molecular flexibility index (Phi) is 6.16. The van der Waals surface area contributed by atoms with E-state index < -0.39 is 11.9 Å². The van der Waals surface area contributed by atoms with Gasteiger partial charge in [-0.1, -0.05) is 0 Å². The molecule has 2 N–H and O–H groups in total. The fraction of sp³-hybridized carbons (Fsp3) is 0.500. The molecule has 0 aliphatic heterocycles. The van der Waals surface area contributed by atoms with Crippen LogP contribution < -0.4 is 5.73 Å². The molecule has 0 aromatic carbocycles. The van der Waals surface area contributed by atoms with E-state index in [0.717, 1.165) is 16.7 Å². The molecule has 0 saturated heterocycles. The number of guanidine groups is 1. The molecule has 0 spiro atoms. The van der Waals surface area contributed by atoms with Gasteiger partial charge in [0.2, 0.25) is 0 Å². The molecule has 1 rings (SSSR count). The van der Waals surface area contributed by atoms with Gasteiger partial charge < -0.3 is 10.6 Å². The van der Waals surface area contributed by atoms with Crippen LogP contribution in [0.2, 0.25) is 0 Å². The van der Waals surface area contributed by atoms with Gasteiger partial charge in [-0.05, 0) is 0 Å². The number of nitrogens with two attached hydrogens (primary N) is 1. The number of hydrogen-bond donors (Lipinski definition) is 1. The molecular formula is C8H12F3IN4S. The number of hydrogen-bond acceptors (Lipinski definition) is 3. The van der Waals surface area contributed by atoms with Gasteiger partial charge in [-0.3, -0.25) is 0 Å². The van der Waals surface area contributed by atoms with Crippen LogP contribution in [-0.4, -0.2) is 29.9 Å². The van der Waals surface area contributed by atoms with E-state index in [1.165, 1.54) is 0 Å². The highest BCUT2D eigenvalue weighted by molar-refractivity contribution is 14.0. The van der Waals surface area contributed by atoms with Gasteiger partial charge in [0.15, 0.2) is 11.7 Å². The van der Waals surface area contributed by atoms with Crippen molar-refractivity contribution < 1.29 is 13.2 Å². The first kappa shape index (κ1) is 16.4. The average Bonchev–Trinajstić information content (AvgIpc) is 2.61. The SMILES string of the molecule is CN(C)C(N)=NCc1nc(C(F)(F)F)cs1.I. The minimum atomic E-state index is -4.40. The first-order valence-electron chi connectivity index (χ1n) is 4.29. The summed E-state index contributed by atoms with van der Waals surface area (Å²) in [7, 11) is 3.39. The highest BCUT2D eigenvalue weighted by atomic mass is 127. The lowest BCUT2D eigenvalue weighted by molar-refractivity contribution is -0.140. The highest BCUT2D eigenvalue weighted by Crippen LogP contribution is 2.30. The van der Waals surface area contributed by atoms with Gasteiger partial charge in [0.1, 0.15) is 5.01 Å². The van der Waals surface area contributed by atoms with E-state index >= 15 is 0 Å². The molecule has 1 aromatic heterocycles. The fourth-order valence-electron chi connectivity index (χ4n) is 0.804. The van der Waals surface area contributed by atoms with Crippen molar-refractivity contribution in [3.8, 4) is 0 Å². The molecule has 98 valence electrons. The summed E-state index contributed by atoms with van der Waals surface area (Å²) in [5.41, 5.74) is 4.60. The van der Waals surface area contributed by atoms with Crippen LogP contribution in [0.3, 0.4) is 0 Å². The van der Waals surface area contributed by atoms with Crippen LogP contribution in [0.5, 0.6) is 0 Å². The molecule has 0 saturated carbocycles. The quantitative estimate of drug-likeness (QED) is 0.486. The summed E-state index contributed by atoms with van der Waals surface area (Å²) in [6.45, 7) is 0.0603.